The first-order valence-electron chi connectivity index (χ1n) is 7.23. The number of aromatic nitrogens is 2. The number of nitrogens with zero attached hydrogens (tertiary/aromatic N) is 2. The third kappa shape index (κ3) is 2.28. The molecule has 1 aromatic heterocycles. The minimum absolute atomic E-state index is 0.0847. The predicted octanol–water partition coefficient (Wildman–Crippen LogP) is 2.94. The van der Waals surface area contributed by atoms with Crippen LogP contribution in [0.2, 0.25) is 5.02 Å². The summed E-state index contributed by atoms with van der Waals surface area (Å²) in [6.45, 7) is 0. The first kappa shape index (κ1) is 14.6. The van der Waals surface area contributed by atoms with Crippen molar-refractivity contribution in [2.24, 2.45) is 0 Å². The molecule has 1 aliphatic heterocycles. The fraction of sp³-hybridized carbons (Fsp3) is 0.0588. The second-order valence-electron chi connectivity index (χ2n) is 5.51. The predicted molar refractivity (Wildman–Crippen MR) is 90.7 cm³/mol. The van der Waals surface area contributed by atoms with Crippen LogP contribution < -0.4 is 10.9 Å². The third-order valence-corrected chi connectivity index (χ3v) is 4.20. The zero-order chi connectivity index (χ0) is 16.8. The van der Waals surface area contributed by atoms with Crippen molar-refractivity contribution in [3.63, 3.8) is 0 Å². The first-order valence-corrected chi connectivity index (χ1v) is 7.61. The Bertz CT molecular complexity index is 1010. The lowest BCUT2D eigenvalue weighted by molar-refractivity contribution is 0.437. The number of benzene rings is 2. The van der Waals surface area contributed by atoms with Crippen LogP contribution in [-0.2, 0) is 6.42 Å². The molecule has 0 spiro atoms. The summed E-state index contributed by atoms with van der Waals surface area (Å²) in [6, 6.07) is 11.4. The van der Waals surface area contributed by atoms with Crippen LogP contribution in [0.3, 0.4) is 0 Å². The van der Waals surface area contributed by atoms with Gasteiger partial charge >= 0.3 is 0 Å². The van der Waals surface area contributed by atoms with Gasteiger partial charge in [-0.2, -0.15) is 4.68 Å². The molecule has 0 atom stereocenters. The average Bonchev–Trinajstić information content (AvgIpc) is 2.57. The largest absolute Gasteiger partial charge is 0.508 e. The lowest BCUT2D eigenvalue weighted by Crippen LogP contribution is -2.28. The van der Waals surface area contributed by atoms with Crippen LogP contribution in [0.4, 0.5) is 11.4 Å². The molecule has 0 aliphatic carbocycles. The van der Waals surface area contributed by atoms with Gasteiger partial charge in [-0.15, -0.1) is 5.10 Å². The standard InChI is InChI=1S/C17H12ClN3O3/c18-10-2-1-9-7-13-15(19-14(9)8-10)16(23)20-21(17(13)24)11-3-5-12(22)6-4-11/h1-6,8,19,22H,7H2,(H,20,23). The Morgan fingerprint density at radius 3 is 2.62 bits per heavy atom. The fourth-order valence-electron chi connectivity index (χ4n) is 2.77. The molecule has 3 aromatic rings. The molecule has 2 aromatic carbocycles. The number of hydrogen-bond donors (Lipinski definition) is 3. The Morgan fingerprint density at radius 1 is 1.12 bits per heavy atom. The molecule has 120 valence electrons. The van der Waals surface area contributed by atoms with E-state index in [-0.39, 0.29) is 17.2 Å². The van der Waals surface area contributed by atoms with Crippen molar-refractivity contribution in [3.8, 4) is 17.3 Å². The Balaban J connectivity index is 1.88. The Kier molecular flexibility index (Phi) is 3.21. The molecule has 0 saturated carbocycles. The maximum absolute atomic E-state index is 12.8. The molecule has 0 amide bonds. The van der Waals surface area contributed by atoms with E-state index in [9.17, 15) is 15.0 Å². The second-order valence-corrected chi connectivity index (χ2v) is 5.95. The van der Waals surface area contributed by atoms with Gasteiger partial charge in [0.2, 0.25) is 0 Å². The van der Waals surface area contributed by atoms with Crippen molar-refractivity contribution < 1.29 is 10.2 Å². The molecule has 0 saturated heterocycles. The number of hydrogen-bond acceptors (Lipinski definition) is 5. The summed E-state index contributed by atoms with van der Waals surface area (Å²) >= 11 is 5.99. The van der Waals surface area contributed by atoms with Gasteiger partial charge in [0.1, 0.15) is 11.4 Å². The highest BCUT2D eigenvalue weighted by molar-refractivity contribution is 6.30. The molecule has 6 nitrogen and oxygen atoms in total. The molecule has 0 fully saturated rings. The lowest BCUT2D eigenvalue weighted by Gasteiger charge is -2.22. The summed E-state index contributed by atoms with van der Waals surface area (Å²) in [6.07, 6.45) is 0.363. The fourth-order valence-corrected chi connectivity index (χ4v) is 2.94. The number of aromatic hydroxyl groups is 2. The maximum atomic E-state index is 12.8. The molecule has 3 N–H and O–H groups in total. The van der Waals surface area contributed by atoms with Crippen LogP contribution in [0.5, 0.6) is 11.6 Å². The highest BCUT2D eigenvalue weighted by atomic mass is 35.5. The van der Waals surface area contributed by atoms with E-state index in [1.54, 1.807) is 24.3 Å². The normalized spacial score (nSPS) is 12.2. The SMILES string of the molecule is O=c1c2c(c(O)nn1-c1ccc(O)cc1)Nc1cc(Cl)ccc1C2. The third-order valence-electron chi connectivity index (χ3n) is 3.96. The second kappa shape index (κ2) is 5.28. The number of nitrogens with one attached hydrogen (secondary N) is 1. The first-order chi connectivity index (χ1) is 11.5. The number of rotatable bonds is 1. The summed E-state index contributed by atoms with van der Waals surface area (Å²) < 4.78 is 1.12. The number of phenols is 1. The van der Waals surface area contributed by atoms with Gasteiger partial charge < -0.3 is 15.5 Å². The van der Waals surface area contributed by atoms with E-state index in [0.29, 0.717) is 28.4 Å². The van der Waals surface area contributed by atoms with E-state index in [4.69, 9.17) is 11.6 Å². The van der Waals surface area contributed by atoms with Crippen molar-refractivity contribution in [2.75, 3.05) is 5.32 Å². The summed E-state index contributed by atoms with van der Waals surface area (Å²) in [5, 5.41) is 27.2. The van der Waals surface area contributed by atoms with Gasteiger partial charge in [0.15, 0.2) is 0 Å². The van der Waals surface area contributed by atoms with Crippen LogP contribution in [-0.4, -0.2) is 20.0 Å². The van der Waals surface area contributed by atoms with Crippen LogP contribution >= 0.6 is 11.6 Å². The molecule has 1 aliphatic rings. The van der Waals surface area contributed by atoms with Crippen molar-refractivity contribution in [2.45, 2.75) is 6.42 Å². The van der Waals surface area contributed by atoms with Crippen LogP contribution in [0.1, 0.15) is 11.1 Å². The van der Waals surface area contributed by atoms with Crippen LogP contribution in [0.15, 0.2) is 47.3 Å². The highest BCUT2D eigenvalue weighted by Crippen LogP contribution is 2.36. The van der Waals surface area contributed by atoms with Gasteiger partial charge in [-0.05, 0) is 42.0 Å². The van der Waals surface area contributed by atoms with Gasteiger partial charge in [-0.25, -0.2) is 0 Å². The van der Waals surface area contributed by atoms with E-state index in [0.717, 1.165) is 15.9 Å². The van der Waals surface area contributed by atoms with Gasteiger partial charge in [0.25, 0.3) is 11.4 Å². The van der Waals surface area contributed by atoms with Crippen molar-refractivity contribution in [3.05, 3.63) is 69.0 Å². The number of fused-ring (bicyclic) bond motifs is 2. The average molecular weight is 342 g/mol. The Hall–Kier alpha value is -2.99. The molecule has 24 heavy (non-hydrogen) atoms. The monoisotopic (exact) mass is 341 g/mol. The summed E-state index contributed by atoms with van der Waals surface area (Å²) in [5.74, 6) is -0.190. The van der Waals surface area contributed by atoms with E-state index in [1.165, 1.54) is 12.1 Å². The summed E-state index contributed by atoms with van der Waals surface area (Å²) in [4.78, 5) is 12.8. The molecular weight excluding hydrogens is 330 g/mol. The van der Waals surface area contributed by atoms with E-state index in [1.807, 2.05) is 6.07 Å². The summed E-state index contributed by atoms with van der Waals surface area (Å²) in [5.41, 5.74) is 2.50. The van der Waals surface area contributed by atoms with Crippen molar-refractivity contribution >= 4 is 23.0 Å². The van der Waals surface area contributed by atoms with Crippen molar-refractivity contribution in [1.29, 1.82) is 0 Å². The Labute approximate surface area is 141 Å². The molecule has 0 radical (unpaired) electrons. The molecule has 0 unspecified atom stereocenters. The van der Waals surface area contributed by atoms with E-state index in [2.05, 4.69) is 10.4 Å². The summed E-state index contributed by atoms with van der Waals surface area (Å²) in [7, 11) is 0. The quantitative estimate of drug-likeness (QED) is 0.495. The molecule has 0 bridgehead atoms. The van der Waals surface area contributed by atoms with Crippen LogP contribution in [0.25, 0.3) is 5.69 Å². The maximum Gasteiger partial charge on any atom is 0.277 e. The zero-order valence-electron chi connectivity index (χ0n) is 12.3. The zero-order valence-corrected chi connectivity index (χ0v) is 13.1. The molecule has 7 heteroatoms. The lowest BCUT2D eigenvalue weighted by atomic mass is 9.99. The Morgan fingerprint density at radius 2 is 1.88 bits per heavy atom. The van der Waals surface area contributed by atoms with Gasteiger partial charge in [0, 0.05) is 17.1 Å². The number of halogens is 1. The number of anilines is 2. The van der Waals surface area contributed by atoms with Gasteiger partial charge in [-0.3, -0.25) is 4.79 Å². The minimum atomic E-state index is -0.332. The van der Waals surface area contributed by atoms with Crippen LogP contribution in [0, 0.1) is 0 Å². The molecular formula is C17H12ClN3O3. The molecule has 2 heterocycles. The smallest absolute Gasteiger partial charge is 0.277 e. The van der Waals surface area contributed by atoms with Gasteiger partial charge in [-0.1, -0.05) is 17.7 Å². The number of phenolic OH excluding ortho intramolecular Hbond substituents is 1. The van der Waals surface area contributed by atoms with E-state index < -0.39 is 0 Å². The van der Waals surface area contributed by atoms with Crippen molar-refractivity contribution in [1.82, 2.24) is 9.78 Å². The van der Waals surface area contributed by atoms with E-state index >= 15 is 0 Å². The highest BCUT2D eigenvalue weighted by Gasteiger charge is 2.24. The topological polar surface area (TPSA) is 87.4 Å². The van der Waals surface area contributed by atoms with Gasteiger partial charge in [0.05, 0.1) is 11.3 Å². The molecule has 4 rings (SSSR count). The minimum Gasteiger partial charge on any atom is -0.508 e.